The molecule has 0 aliphatic carbocycles. The van der Waals surface area contributed by atoms with E-state index < -0.39 is 40.9 Å². The number of carbonyl (C=O) groups excluding carboxylic acids is 4. The molecule has 0 fully saturated rings. The van der Waals surface area contributed by atoms with E-state index in [4.69, 9.17) is 19.0 Å². The van der Waals surface area contributed by atoms with Crippen LogP contribution < -0.4 is 0 Å². The first-order chi connectivity index (χ1) is 15.5. The van der Waals surface area contributed by atoms with Crippen molar-refractivity contribution in [1.29, 1.82) is 0 Å². The number of amides is 2. The average Bonchev–Trinajstić information content (AvgIpc) is 2.93. The molecule has 0 saturated carbocycles. The van der Waals surface area contributed by atoms with Gasteiger partial charge in [-0.2, -0.15) is 5.10 Å². The topological polar surface area (TPSA) is 124 Å². The van der Waals surface area contributed by atoms with Crippen LogP contribution >= 0.6 is 0 Å². The second-order valence-corrected chi connectivity index (χ2v) is 9.75. The molecule has 0 N–H and O–H groups in total. The number of methoxy groups -OCH3 is 1. The largest absolute Gasteiger partial charge is 0.534 e. The van der Waals surface area contributed by atoms with Crippen LogP contribution in [0, 0.1) is 0 Å². The van der Waals surface area contributed by atoms with Crippen LogP contribution in [0.2, 0.25) is 0 Å². The first kappa shape index (κ1) is 26.6. The number of rotatable bonds is 3. The highest BCUT2D eigenvalue weighted by atomic mass is 16.8. The molecule has 11 nitrogen and oxygen atoms in total. The maximum Gasteiger partial charge on any atom is 0.534 e. The lowest BCUT2D eigenvalue weighted by Crippen LogP contribution is -2.61. The number of hydrogen-bond donors (Lipinski definition) is 0. The number of nitrogens with zero attached hydrogens (tertiary/aromatic N) is 3. The van der Waals surface area contributed by atoms with Crippen LogP contribution in [-0.4, -0.2) is 70.8 Å². The fourth-order valence-electron chi connectivity index (χ4n) is 3.07. The Bertz CT molecular complexity index is 1000. The predicted octanol–water partition coefficient (Wildman–Crippen LogP) is 3.51. The van der Waals surface area contributed by atoms with E-state index in [2.05, 4.69) is 5.10 Å². The van der Waals surface area contributed by atoms with Gasteiger partial charge in [0.05, 0.1) is 12.7 Å². The minimum Gasteiger partial charge on any atom is -0.465 e. The van der Waals surface area contributed by atoms with Gasteiger partial charge in [0.25, 0.3) is 5.91 Å². The smallest absolute Gasteiger partial charge is 0.465 e. The van der Waals surface area contributed by atoms with E-state index in [1.54, 1.807) is 41.5 Å². The van der Waals surface area contributed by atoms with E-state index in [-0.39, 0.29) is 11.3 Å². The molecule has 0 spiro atoms. The molecule has 2 rings (SSSR count). The van der Waals surface area contributed by atoms with Gasteiger partial charge in [-0.1, -0.05) is 12.1 Å². The van der Waals surface area contributed by atoms with E-state index in [0.29, 0.717) is 10.6 Å². The SMILES string of the molecule is COC(=O)c1ccc(C2=NN(C)C(=O)C2(C)N(OC(=O)OC(C)(C)C)C(=O)OC(C)(C)C)cc1. The third-order valence-corrected chi connectivity index (χ3v) is 4.52. The van der Waals surface area contributed by atoms with Crippen molar-refractivity contribution >= 4 is 29.8 Å². The predicted molar refractivity (Wildman–Crippen MR) is 121 cm³/mol. The van der Waals surface area contributed by atoms with Gasteiger partial charge in [0.1, 0.15) is 16.9 Å². The third-order valence-electron chi connectivity index (χ3n) is 4.52. The van der Waals surface area contributed by atoms with Crippen molar-refractivity contribution in [3.05, 3.63) is 35.4 Å². The highest BCUT2D eigenvalue weighted by molar-refractivity contribution is 6.24. The fourth-order valence-corrected chi connectivity index (χ4v) is 3.07. The monoisotopic (exact) mass is 477 g/mol. The summed E-state index contributed by atoms with van der Waals surface area (Å²) in [5.74, 6) is -1.20. The first-order valence-electron chi connectivity index (χ1n) is 10.5. The molecule has 1 unspecified atom stereocenters. The average molecular weight is 478 g/mol. The minimum atomic E-state index is -1.90. The highest BCUT2D eigenvalue weighted by Gasteiger charge is 2.57. The number of likely N-dealkylation sites (N-methyl/N-ethyl adjacent to an activating group) is 1. The van der Waals surface area contributed by atoms with E-state index >= 15 is 0 Å². The van der Waals surface area contributed by atoms with Crippen molar-refractivity contribution in [3.63, 3.8) is 0 Å². The number of carbonyl (C=O) groups is 4. The number of hydrogen-bond acceptors (Lipinski definition) is 9. The van der Waals surface area contributed by atoms with Crippen LogP contribution in [0.15, 0.2) is 29.4 Å². The third kappa shape index (κ3) is 5.83. The lowest BCUT2D eigenvalue weighted by atomic mass is 9.89. The molecule has 1 aliphatic heterocycles. The van der Waals surface area contributed by atoms with Crippen LogP contribution in [0.5, 0.6) is 0 Å². The Morgan fingerprint density at radius 1 is 0.971 bits per heavy atom. The maximum absolute atomic E-state index is 13.3. The van der Waals surface area contributed by atoms with Crippen LogP contribution in [-0.2, 0) is 23.8 Å². The zero-order chi connectivity index (χ0) is 26.1. The summed E-state index contributed by atoms with van der Waals surface area (Å²) in [4.78, 5) is 56.0. The number of hydrazone groups is 1. The normalized spacial score (nSPS) is 18.2. The summed E-state index contributed by atoms with van der Waals surface area (Å²) in [7, 11) is 2.66. The Morgan fingerprint density at radius 2 is 1.50 bits per heavy atom. The Balaban J connectivity index is 2.56. The molecule has 1 aromatic carbocycles. The first-order valence-corrected chi connectivity index (χ1v) is 10.5. The summed E-state index contributed by atoms with van der Waals surface area (Å²) in [6.07, 6.45) is -2.30. The van der Waals surface area contributed by atoms with Crippen molar-refractivity contribution in [2.75, 3.05) is 14.2 Å². The highest BCUT2D eigenvalue weighted by Crippen LogP contribution is 2.32. The van der Waals surface area contributed by atoms with Gasteiger partial charge in [-0.05, 0) is 60.6 Å². The molecule has 0 bridgehead atoms. The fraction of sp³-hybridized carbons (Fsp3) is 0.522. The Kier molecular flexibility index (Phi) is 7.29. The molecule has 1 atom stereocenters. The van der Waals surface area contributed by atoms with Gasteiger partial charge in [-0.15, -0.1) is 5.06 Å². The Morgan fingerprint density at radius 3 is 1.97 bits per heavy atom. The zero-order valence-corrected chi connectivity index (χ0v) is 20.9. The maximum atomic E-state index is 13.3. The van der Waals surface area contributed by atoms with Crippen molar-refractivity contribution < 1.29 is 38.2 Å². The molecular formula is C23H31N3O8. The number of benzene rings is 1. The molecule has 0 saturated heterocycles. The summed E-state index contributed by atoms with van der Waals surface area (Å²) < 4.78 is 15.3. The van der Waals surface area contributed by atoms with Crippen molar-refractivity contribution in [1.82, 2.24) is 10.1 Å². The molecule has 34 heavy (non-hydrogen) atoms. The van der Waals surface area contributed by atoms with Gasteiger partial charge < -0.3 is 14.2 Å². The number of hydroxylamine groups is 2. The van der Waals surface area contributed by atoms with Crippen LogP contribution in [0.3, 0.4) is 0 Å². The molecule has 186 valence electrons. The lowest BCUT2D eigenvalue weighted by Gasteiger charge is -2.36. The van der Waals surface area contributed by atoms with Gasteiger partial charge in [-0.25, -0.2) is 19.4 Å². The van der Waals surface area contributed by atoms with Crippen LogP contribution in [0.4, 0.5) is 9.59 Å². The molecule has 11 heteroatoms. The summed E-state index contributed by atoms with van der Waals surface area (Å²) in [6.45, 7) is 11.1. The van der Waals surface area contributed by atoms with Crippen LogP contribution in [0.1, 0.15) is 64.4 Å². The Labute approximate surface area is 198 Å². The van der Waals surface area contributed by atoms with E-state index in [1.165, 1.54) is 45.3 Å². The van der Waals surface area contributed by atoms with Crippen LogP contribution in [0.25, 0.3) is 0 Å². The van der Waals surface area contributed by atoms with Gasteiger partial charge >= 0.3 is 18.2 Å². The van der Waals surface area contributed by atoms with E-state index in [9.17, 15) is 19.2 Å². The van der Waals surface area contributed by atoms with E-state index in [0.717, 1.165) is 5.01 Å². The molecule has 1 heterocycles. The van der Waals surface area contributed by atoms with Gasteiger partial charge in [0, 0.05) is 12.6 Å². The summed E-state index contributed by atoms with van der Waals surface area (Å²) in [5.41, 5.74) is -3.02. The Hall–Kier alpha value is -3.63. The van der Waals surface area contributed by atoms with Crippen molar-refractivity contribution in [2.24, 2.45) is 5.10 Å². The summed E-state index contributed by atoms with van der Waals surface area (Å²) in [6, 6.07) is 6.05. The van der Waals surface area contributed by atoms with Gasteiger partial charge in [0.15, 0.2) is 0 Å². The van der Waals surface area contributed by atoms with E-state index in [1.807, 2.05) is 0 Å². The molecular weight excluding hydrogens is 446 g/mol. The van der Waals surface area contributed by atoms with Gasteiger partial charge in [0.2, 0.25) is 5.54 Å². The quantitative estimate of drug-likeness (QED) is 0.368. The second kappa shape index (κ2) is 9.32. The lowest BCUT2D eigenvalue weighted by molar-refractivity contribution is -0.176. The number of ether oxygens (including phenoxy) is 3. The van der Waals surface area contributed by atoms with Crippen molar-refractivity contribution in [2.45, 2.75) is 65.2 Å². The molecule has 1 aromatic rings. The zero-order valence-electron chi connectivity index (χ0n) is 20.9. The molecule has 0 aromatic heterocycles. The summed E-state index contributed by atoms with van der Waals surface area (Å²) >= 11 is 0. The summed E-state index contributed by atoms with van der Waals surface area (Å²) in [5, 5.41) is 5.83. The second-order valence-electron chi connectivity index (χ2n) is 9.75. The molecule has 2 amide bonds. The van der Waals surface area contributed by atoms with Crippen molar-refractivity contribution in [3.8, 4) is 0 Å². The minimum absolute atomic E-state index is 0.0887. The molecule has 1 aliphatic rings. The standard InChI is InChI=1S/C23H31N3O8/c1-21(2,3)32-19(29)26(34-20(30)33-22(4,5)6)23(7)16(24-25(8)18(23)28)14-10-12-15(13-11-14)17(27)31-9/h10-13H,1-9H3. The molecule has 0 radical (unpaired) electrons. The van der Waals surface area contributed by atoms with Gasteiger partial charge in [-0.3, -0.25) is 9.63 Å². The number of esters is 1.